The molecule has 1 aliphatic heterocycles. The third-order valence-electron chi connectivity index (χ3n) is 4.14. The highest BCUT2D eigenvalue weighted by molar-refractivity contribution is 7.91. The maximum absolute atomic E-state index is 11.5. The molecule has 0 saturated carbocycles. The number of ether oxygens (including phenoxy) is 1. The molecule has 3 rings (SSSR count). The molecular weight excluding hydrogens is 336 g/mol. The topological polar surface area (TPSA) is 98.3 Å². The minimum Gasteiger partial charge on any atom is -0.616 e. The summed E-state index contributed by atoms with van der Waals surface area (Å²) in [7, 11) is 0. The van der Waals surface area contributed by atoms with Crippen LogP contribution in [0.3, 0.4) is 0 Å². The molecule has 1 aromatic carbocycles. The summed E-state index contributed by atoms with van der Waals surface area (Å²) in [6.07, 6.45) is 1.70. The lowest BCUT2D eigenvalue weighted by Gasteiger charge is -2.29. The third-order valence-corrected chi connectivity index (χ3v) is 5.42. The summed E-state index contributed by atoms with van der Waals surface area (Å²) in [5.41, 5.74) is 8.33. The number of nitrogens with zero attached hydrogens (tertiary/aromatic N) is 2. The van der Waals surface area contributed by atoms with Crippen molar-refractivity contribution < 1.29 is 9.29 Å². The first-order valence-electron chi connectivity index (χ1n) is 8.26. The van der Waals surface area contributed by atoms with Gasteiger partial charge in [-0.2, -0.15) is 0 Å². The minimum atomic E-state index is -0.728. The summed E-state index contributed by atoms with van der Waals surface area (Å²) in [6.45, 7) is 3.92. The molecular formula is C18H22N4O2S. The van der Waals surface area contributed by atoms with Crippen LogP contribution in [0.5, 0.6) is 5.75 Å². The number of nitrogen functional groups attached to an aromatic ring is 1. The fraction of sp³-hybridized carbons (Fsp3) is 0.333. The van der Waals surface area contributed by atoms with E-state index in [1.54, 1.807) is 30.5 Å². The van der Waals surface area contributed by atoms with Crippen molar-refractivity contribution in [2.75, 3.05) is 41.8 Å². The van der Waals surface area contributed by atoms with E-state index in [0.29, 0.717) is 40.8 Å². The smallest absolute Gasteiger partial charge is 0.129 e. The van der Waals surface area contributed by atoms with Crippen molar-refractivity contribution in [3.05, 3.63) is 47.7 Å². The Morgan fingerprint density at radius 1 is 1.32 bits per heavy atom. The fourth-order valence-corrected chi connectivity index (χ4v) is 3.83. The molecule has 0 amide bonds. The van der Waals surface area contributed by atoms with Gasteiger partial charge < -0.3 is 19.9 Å². The van der Waals surface area contributed by atoms with E-state index in [-0.39, 0.29) is 0 Å². The van der Waals surface area contributed by atoms with Crippen molar-refractivity contribution in [2.45, 2.75) is 6.92 Å². The standard InChI is InChI=1S/C18H22N4O2S/c1-2-24-14-3-4-16(19)15(12-14)18(20)13-5-6-21-17(11-13)22-7-9-25(23)10-8-22/h3-6,11-12,20H,2,7-10,19H2,1H3. The molecule has 2 heterocycles. The van der Waals surface area contributed by atoms with Crippen LogP contribution in [0.25, 0.3) is 0 Å². The van der Waals surface area contributed by atoms with Crippen LogP contribution in [0.15, 0.2) is 36.5 Å². The van der Waals surface area contributed by atoms with E-state index in [1.165, 1.54) is 0 Å². The first-order chi connectivity index (χ1) is 12.1. The zero-order valence-corrected chi connectivity index (χ0v) is 15.0. The first-order valence-corrected chi connectivity index (χ1v) is 9.75. The molecule has 3 N–H and O–H groups in total. The zero-order valence-electron chi connectivity index (χ0n) is 14.2. The Bertz CT molecular complexity index is 760. The second-order valence-corrected chi connectivity index (χ2v) is 7.49. The first kappa shape index (κ1) is 17.6. The lowest BCUT2D eigenvalue weighted by Crippen LogP contribution is -2.40. The molecule has 25 heavy (non-hydrogen) atoms. The summed E-state index contributed by atoms with van der Waals surface area (Å²) < 4.78 is 17.0. The third kappa shape index (κ3) is 4.05. The van der Waals surface area contributed by atoms with Crippen LogP contribution in [0.4, 0.5) is 11.5 Å². The van der Waals surface area contributed by atoms with Crippen LogP contribution in [-0.4, -0.2) is 46.5 Å². The Kier molecular flexibility index (Phi) is 5.45. The Hall–Kier alpha value is -2.25. The molecule has 0 aliphatic carbocycles. The number of nitrogens with one attached hydrogen (secondary N) is 1. The van der Waals surface area contributed by atoms with Crippen LogP contribution in [-0.2, 0) is 11.2 Å². The Labute approximate surface area is 150 Å². The maximum atomic E-state index is 11.5. The van der Waals surface area contributed by atoms with Crippen LogP contribution in [0.1, 0.15) is 18.1 Å². The van der Waals surface area contributed by atoms with E-state index >= 15 is 0 Å². The molecule has 2 aromatic rings. The molecule has 132 valence electrons. The van der Waals surface area contributed by atoms with Gasteiger partial charge in [0.05, 0.1) is 25.4 Å². The van der Waals surface area contributed by atoms with Gasteiger partial charge in [0.1, 0.15) is 23.1 Å². The quantitative estimate of drug-likeness (QED) is 0.484. The number of hydrogen-bond acceptors (Lipinski definition) is 6. The molecule has 1 saturated heterocycles. The lowest BCUT2D eigenvalue weighted by molar-refractivity contribution is 0.340. The van der Waals surface area contributed by atoms with Crippen molar-refractivity contribution >= 4 is 28.4 Å². The molecule has 1 fully saturated rings. The summed E-state index contributed by atoms with van der Waals surface area (Å²) >= 11 is -0.728. The average molecular weight is 358 g/mol. The van der Waals surface area contributed by atoms with E-state index in [0.717, 1.165) is 24.5 Å². The van der Waals surface area contributed by atoms with E-state index in [2.05, 4.69) is 9.88 Å². The SMILES string of the molecule is CCOc1ccc(N)c(C(=N)c2ccnc(N3CC[S+]([O-])CC3)c2)c1. The van der Waals surface area contributed by atoms with Gasteiger partial charge in [-0.15, -0.1) is 0 Å². The van der Waals surface area contributed by atoms with Crippen LogP contribution >= 0.6 is 0 Å². The number of hydrogen-bond donors (Lipinski definition) is 2. The predicted octanol–water partition coefficient (Wildman–Crippen LogP) is 2.05. The predicted molar refractivity (Wildman–Crippen MR) is 102 cm³/mol. The van der Waals surface area contributed by atoms with Gasteiger partial charge in [0, 0.05) is 23.0 Å². The molecule has 1 aromatic heterocycles. The summed E-state index contributed by atoms with van der Waals surface area (Å²) in [6, 6.07) is 9.06. The van der Waals surface area contributed by atoms with Crippen molar-refractivity contribution in [1.29, 1.82) is 5.41 Å². The number of benzene rings is 1. The molecule has 0 radical (unpaired) electrons. The van der Waals surface area contributed by atoms with Gasteiger partial charge in [-0.05, 0) is 37.3 Å². The van der Waals surface area contributed by atoms with Crippen molar-refractivity contribution in [2.24, 2.45) is 0 Å². The molecule has 6 nitrogen and oxygen atoms in total. The summed E-state index contributed by atoms with van der Waals surface area (Å²) in [4.78, 5) is 6.52. The second kappa shape index (κ2) is 7.76. The zero-order chi connectivity index (χ0) is 17.8. The van der Waals surface area contributed by atoms with Gasteiger partial charge in [0.15, 0.2) is 0 Å². The number of anilines is 2. The van der Waals surface area contributed by atoms with Gasteiger partial charge >= 0.3 is 0 Å². The van der Waals surface area contributed by atoms with Crippen molar-refractivity contribution in [3.63, 3.8) is 0 Å². The molecule has 1 aliphatic rings. The normalized spacial score (nSPS) is 15.2. The highest BCUT2D eigenvalue weighted by atomic mass is 32.2. The largest absolute Gasteiger partial charge is 0.616 e. The van der Waals surface area contributed by atoms with Crippen molar-refractivity contribution in [3.8, 4) is 5.75 Å². The van der Waals surface area contributed by atoms with E-state index in [9.17, 15) is 4.55 Å². The number of nitrogens with two attached hydrogens (primary N) is 1. The number of aromatic nitrogens is 1. The fourth-order valence-electron chi connectivity index (χ4n) is 2.78. The molecule has 0 bridgehead atoms. The summed E-state index contributed by atoms with van der Waals surface area (Å²) in [5.74, 6) is 2.82. The van der Waals surface area contributed by atoms with Gasteiger partial charge in [-0.3, -0.25) is 5.41 Å². The molecule has 0 spiro atoms. The molecule has 0 atom stereocenters. The van der Waals surface area contributed by atoms with Gasteiger partial charge in [-0.25, -0.2) is 4.98 Å². The number of rotatable bonds is 5. The van der Waals surface area contributed by atoms with E-state index in [4.69, 9.17) is 15.9 Å². The maximum Gasteiger partial charge on any atom is 0.129 e. The molecule has 7 heteroatoms. The van der Waals surface area contributed by atoms with Crippen LogP contribution in [0.2, 0.25) is 0 Å². The highest BCUT2D eigenvalue weighted by Crippen LogP contribution is 2.24. The van der Waals surface area contributed by atoms with Gasteiger partial charge in [0.25, 0.3) is 0 Å². The van der Waals surface area contributed by atoms with Crippen molar-refractivity contribution in [1.82, 2.24) is 4.98 Å². The summed E-state index contributed by atoms with van der Waals surface area (Å²) in [5, 5.41) is 8.55. The molecule has 0 unspecified atom stereocenters. The van der Waals surface area contributed by atoms with Gasteiger partial charge in [0.2, 0.25) is 0 Å². The van der Waals surface area contributed by atoms with Crippen LogP contribution < -0.4 is 15.4 Å². The Morgan fingerprint density at radius 2 is 2.08 bits per heavy atom. The van der Waals surface area contributed by atoms with Crippen LogP contribution in [0, 0.1) is 5.41 Å². The second-order valence-electron chi connectivity index (χ2n) is 5.79. The Balaban J connectivity index is 1.85. The van der Waals surface area contributed by atoms with Gasteiger partial charge in [-0.1, -0.05) is 11.2 Å². The monoisotopic (exact) mass is 358 g/mol. The Morgan fingerprint density at radius 3 is 2.80 bits per heavy atom. The highest BCUT2D eigenvalue weighted by Gasteiger charge is 2.21. The number of pyridine rings is 1. The van der Waals surface area contributed by atoms with E-state index in [1.807, 2.05) is 13.0 Å². The average Bonchev–Trinajstić information content (AvgIpc) is 2.64. The van der Waals surface area contributed by atoms with E-state index < -0.39 is 11.2 Å². The lowest BCUT2D eigenvalue weighted by atomic mass is 10.0. The minimum absolute atomic E-state index is 0.336.